The Morgan fingerprint density at radius 2 is 0.938 bits per heavy atom. The maximum absolute atomic E-state index is 16.0. The van der Waals surface area contributed by atoms with Gasteiger partial charge in [0.15, 0.2) is 5.78 Å². The van der Waals surface area contributed by atoms with Crippen molar-refractivity contribution in [1.82, 2.24) is 0 Å². The second-order valence-electron chi connectivity index (χ2n) is 12.3. The zero-order valence-electron chi connectivity index (χ0n) is 26.2. The zero-order chi connectivity index (χ0) is 33.2. The molecule has 2 fully saturated rings. The van der Waals surface area contributed by atoms with E-state index in [0.717, 1.165) is 26.7 Å². The van der Waals surface area contributed by atoms with Gasteiger partial charge in [0.2, 0.25) is 11.8 Å². The van der Waals surface area contributed by atoms with Crippen LogP contribution in [0.3, 0.4) is 0 Å². The molecule has 7 heteroatoms. The van der Waals surface area contributed by atoms with Gasteiger partial charge in [0.25, 0.3) is 0 Å². The quantitative estimate of drug-likeness (QED) is 0.164. The van der Waals surface area contributed by atoms with E-state index in [4.69, 9.17) is 9.47 Å². The molecule has 0 N–H and O–H groups in total. The average molecular weight is 697 g/mol. The third-order valence-electron chi connectivity index (χ3n) is 10.3. The van der Waals surface area contributed by atoms with Gasteiger partial charge in [-0.15, -0.1) is 0 Å². The number of hydrogen-bond acceptors (Lipinski definition) is 5. The molecule has 48 heavy (non-hydrogen) atoms. The standard InChI is InChI=1S/C41H30BrNO5/c1-47-31-21-13-25(14-22-31)33-34(26-15-23-32(48-2)24-16-26)41(28-11-7-4-8-12-28)36-35(40(33,39(41)46)27-9-5-3-6-10-27)37(44)43(38(36)45)30-19-17-29(42)18-20-30/h3-24,35-36H,1-2H3/t35-,36+,40+,41-. The summed E-state index contributed by atoms with van der Waals surface area (Å²) in [6.07, 6.45) is 0. The van der Waals surface area contributed by atoms with Crippen molar-refractivity contribution in [3.63, 3.8) is 0 Å². The number of rotatable bonds is 7. The fraction of sp³-hybridized carbons (Fsp3) is 0.146. The van der Waals surface area contributed by atoms with Crippen LogP contribution in [0.5, 0.6) is 11.5 Å². The SMILES string of the molecule is COc1ccc(C2=C(c3ccc(OC)cc3)[C@]3(c4ccccc4)C(=O)[C@@]2(c2ccccc2)[C@@H]2C(=O)N(c4ccc(Br)cc4)C(=O)[C@@H]23)cc1. The lowest BCUT2D eigenvalue weighted by molar-refractivity contribution is -0.130. The molecule has 2 aliphatic carbocycles. The molecule has 4 atom stereocenters. The summed E-state index contributed by atoms with van der Waals surface area (Å²) in [6, 6.07) is 41.4. The summed E-state index contributed by atoms with van der Waals surface area (Å²) in [7, 11) is 3.22. The molecule has 1 saturated heterocycles. The summed E-state index contributed by atoms with van der Waals surface area (Å²) in [5.41, 5.74) is 1.84. The van der Waals surface area contributed by atoms with Crippen LogP contribution in [0.1, 0.15) is 22.3 Å². The number of benzene rings is 5. The number of nitrogens with zero attached hydrogens (tertiary/aromatic N) is 1. The lowest BCUT2D eigenvalue weighted by atomic mass is 9.59. The Kier molecular flexibility index (Phi) is 7.00. The minimum absolute atomic E-state index is 0.170. The normalized spacial score (nSPS) is 24.3. The predicted molar refractivity (Wildman–Crippen MR) is 188 cm³/mol. The highest BCUT2D eigenvalue weighted by Crippen LogP contribution is 2.74. The lowest BCUT2D eigenvalue weighted by Gasteiger charge is -2.39. The number of fused-ring (bicyclic) bond motifs is 5. The molecule has 0 radical (unpaired) electrons. The van der Waals surface area contributed by atoms with Crippen molar-refractivity contribution in [3.8, 4) is 11.5 Å². The molecule has 5 aromatic rings. The van der Waals surface area contributed by atoms with E-state index in [1.165, 1.54) is 4.90 Å². The van der Waals surface area contributed by atoms with Gasteiger partial charge in [-0.1, -0.05) is 101 Å². The number of Topliss-reactive ketones (excluding diaryl/α,β-unsaturated/α-hetero) is 1. The molecule has 6 nitrogen and oxygen atoms in total. The molecule has 236 valence electrons. The van der Waals surface area contributed by atoms with E-state index in [1.807, 2.05) is 121 Å². The van der Waals surface area contributed by atoms with Crippen molar-refractivity contribution in [1.29, 1.82) is 0 Å². The molecule has 0 spiro atoms. The minimum Gasteiger partial charge on any atom is -0.497 e. The van der Waals surface area contributed by atoms with Crippen molar-refractivity contribution in [2.45, 2.75) is 10.8 Å². The van der Waals surface area contributed by atoms with Crippen molar-refractivity contribution in [2.24, 2.45) is 11.8 Å². The highest BCUT2D eigenvalue weighted by atomic mass is 79.9. The van der Waals surface area contributed by atoms with Crippen LogP contribution in [0.4, 0.5) is 5.69 Å². The first-order valence-corrected chi connectivity index (χ1v) is 16.5. The first-order valence-electron chi connectivity index (χ1n) is 15.7. The number of carbonyl (C=O) groups is 3. The summed E-state index contributed by atoms with van der Waals surface area (Å²) in [5.74, 6) is -1.61. The van der Waals surface area contributed by atoms with Gasteiger partial charge in [-0.25, -0.2) is 4.90 Å². The van der Waals surface area contributed by atoms with Gasteiger partial charge in [-0.2, -0.15) is 0 Å². The minimum atomic E-state index is -1.48. The number of ketones is 1. The van der Waals surface area contributed by atoms with E-state index in [9.17, 15) is 0 Å². The van der Waals surface area contributed by atoms with Crippen LogP contribution in [0.15, 0.2) is 138 Å². The Balaban J connectivity index is 1.54. The first kappa shape index (κ1) is 30.1. The topological polar surface area (TPSA) is 72.9 Å². The molecule has 0 unspecified atom stereocenters. The van der Waals surface area contributed by atoms with E-state index in [-0.39, 0.29) is 17.6 Å². The highest BCUT2D eigenvalue weighted by Gasteiger charge is 2.82. The molecule has 8 rings (SSSR count). The number of allylic oxidation sites excluding steroid dienone is 2. The van der Waals surface area contributed by atoms with Gasteiger partial charge in [0, 0.05) is 4.47 Å². The first-order chi connectivity index (χ1) is 23.4. The van der Waals surface area contributed by atoms with E-state index in [1.54, 1.807) is 26.4 Å². The number of hydrogen-bond donors (Lipinski definition) is 0. The maximum atomic E-state index is 16.0. The Morgan fingerprint density at radius 1 is 0.542 bits per heavy atom. The molecule has 1 heterocycles. The van der Waals surface area contributed by atoms with E-state index < -0.39 is 22.7 Å². The fourth-order valence-electron chi connectivity index (χ4n) is 8.48. The second-order valence-corrected chi connectivity index (χ2v) is 13.2. The summed E-state index contributed by atoms with van der Waals surface area (Å²) < 4.78 is 11.9. The monoisotopic (exact) mass is 695 g/mol. The highest BCUT2D eigenvalue weighted by molar-refractivity contribution is 9.10. The van der Waals surface area contributed by atoms with Crippen LogP contribution in [0.2, 0.25) is 0 Å². The van der Waals surface area contributed by atoms with E-state index in [2.05, 4.69) is 15.9 Å². The number of carbonyl (C=O) groups excluding carboxylic acids is 3. The van der Waals surface area contributed by atoms with Crippen LogP contribution in [0.25, 0.3) is 11.1 Å². The van der Waals surface area contributed by atoms with Gasteiger partial charge in [-0.3, -0.25) is 14.4 Å². The summed E-state index contributed by atoms with van der Waals surface area (Å²) in [4.78, 5) is 47.4. The van der Waals surface area contributed by atoms with Crippen molar-refractivity contribution < 1.29 is 23.9 Å². The molecule has 0 aromatic heterocycles. The molecule has 2 amide bonds. The average Bonchev–Trinajstić information content (AvgIpc) is 3.65. The molecule has 2 bridgehead atoms. The van der Waals surface area contributed by atoms with Gasteiger partial charge in [-0.05, 0) is 81.9 Å². The third-order valence-corrected chi connectivity index (χ3v) is 10.8. The zero-order valence-corrected chi connectivity index (χ0v) is 27.8. The van der Waals surface area contributed by atoms with Crippen molar-refractivity contribution in [2.75, 3.05) is 19.1 Å². The lowest BCUT2D eigenvalue weighted by Crippen LogP contribution is -2.45. The van der Waals surface area contributed by atoms with Crippen LogP contribution >= 0.6 is 15.9 Å². The third kappa shape index (κ3) is 3.88. The number of halogens is 1. The fourth-order valence-corrected chi connectivity index (χ4v) is 8.75. The predicted octanol–water partition coefficient (Wildman–Crippen LogP) is 7.66. The Labute approximate surface area is 286 Å². The van der Waals surface area contributed by atoms with E-state index in [0.29, 0.717) is 28.3 Å². The molecule has 1 saturated carbocycles. The van der Waals surface area contributed by atoms with Crippen LogP contribution in [0, 0.1) is 11.8 Å². The number of amides is 2. The number of imide groups is 1. The molecule has 3 aliphatic rings. The summed E-state index contributed by atoms with van der Waals surface area (Å²) in [5, 5.41) is 0. The van der Waals surface area contributed by atoms with E-state index >= 15 is 14.4 Å². The number of anilines is 1. The largest absolute Gasteiger partial charge is 0.497 e. The van der Waals surface area contributed by atoms with Crippen LogP contribution < -0.4 is 14.4 Å². The number of ether oxygens (including phenoxy) is 2. The molecule has 1 aliphatic heterocycles. The van der Waals surface area contributed by atoms with Gasteiger partial charge >= 0.3 is 0 Å². The van der Waals surface area contributed by atoms with Crippen molar-refractivity contribution in [3.05, 3.63) is 160 Å². The molecular formula is C41H30BrNO5. The van der Waals surface area contributed by atoms with Crippen LogP contribution in [-0.2, 0) is 25.2 Å². The smallest absolute Gasteiger partial charge is 0.239 e. The van der Waals surface area contributed by atoms with Crippen LogP contribution in [-0.4, -0.2) is 31.8 Å². The Morgan fingerprint density at radius 3 is 1.31 bits per heavy atom. The van der Waals surface area contributed by atoms with Crippen molar-refractivity contribution >= 4 is 50.4 Å². The second kappa shape index (κ2) is 11.2. The maximum Gasteiger partial charge on any atom is 0.239 e. The summed E-state index contributed by atoms with van der Waals surface area (Å²) >= 11 is 3.48. The molecule has 5 aromatic carbocycles. The Hall–Kier alpha value is -5.27. The van der Waals surface area contributed by atoms with Gasteiger partial charge in [0.1, 0.15) is 11.5 Å². The number of methoxy groups -OCH3 is 2. The molecular weight excluding hydrogens is 666 g/mol. The van der Waals surface area contributed by atoms with Gasteiger partial charge < -0.3 is 9.47 Å². The van der Waals surface area contributed by atoms with Gasteiger partial charge in [0.05, 0.1) is 42.6 Å². The Bertz CT molecular complexity index is 1980. The summed E-state index contributed by atoms with van der Waals surface area (Å²) in [6.45, 7) is 0.